The van der Waals surface area contributed by atoms with Crippen LogP contribution in [0.2, 0.25) is 0 Å². The Labute approximate surface area is 223 Å². The number of hydrogen-bond donors (Lipinski definition) is 1. The van der Waals surface area contributed by atoms with E-state index in [9.17, 15) is 27.9 Å². The van der Waals surface area contributed by atoms with Crippen LogP contribution in [0.3, 0.4) is 0 Å². The number of alkyl halides is 3. The van der Waals surface area contributed by atoms with E-state index in [4.69, 9.17) is 4.74 Å². The van der Waals surface area contributed by atoms with Gasteiger partial charge in [0.1, 0.15) is 5.75 Å². The van der Waals surface area contributed by atoms with E-state index < -0.39 is 23.6 Å². The third-order valence-corrected chi connectivity index (χ3v) is 6.37. The molecule has 0 unspecified atom stereocenters. The zero-order valence-electron chi connectivity index (χ0n) is 22.4. The Morgan fingerprint density at radius 3 is 2.18 bits per heavy atom. The molecule has 9 heteroatoms. The lowest BCUT2D eigenvalue weighted by atomic mass is 9.96. The van der Waals surface area contributed by atoms with Crippen molar-refractivity contribution in [2.45, 2.75) is 70.9 Å². The van der Waals surface area contributed by atoms with E-state index in [1.54, 1.807) is 0 Å². The topological polar surface area (TPSA) is 81.7 Å². The summed E-state index contributed by atoms with van der Waals surface area (Å²) in [6.07, 6.45) is 2.26. The average Bonchev–Trinajstić information content (AvgIpc) is 2.85. The predicted octanol–water partition coefficient (Wildman–Crippen LogP) is 5.84. The summed E-state index contributed by atoms with van der Waals surface area (Å²) in [7, 11) is 3.77. The lowest BCUT2D eigenvalue weighted by molar-refractivity contribution is -0.311. The van der Waals surface area contributed by atoms with Gasteiger partial charge in [-0.25, -0.2) is 0 Å². The van der Waals surface area contributed by atoms with E-state index in [2.05, 4.69) is 5.32 Å². The Morgan fingerprint density at radius 2 is 1.61 bits per heavy atom. The second kappa shape index (κ2) is 15.2. The normalized spacial score (nSPS) is 12.2. The van der Waals surface area contributed by atoms with Gasteiger partial charge in [-0.05, 0) is 67.6 Å². The van der Waals surface area contributed by atoms with Gasteiger partial charge >= 0.3 is 6.18 Å². The van der Waals surface area contributed by atoms with Crippen LogP contribution in [0.1, 0.15) is 69.4 Å². The number of nitrogens with zero attached hydrogens (tertiary/aromatic N) is 1. The molecule has 0 heterocycles. The first-order valence-corrected chi connectivity index (χ1v) is 13.1. The number of carboxylic acids is 1. The van der Waals surface area contributed by atoms with Crippen molar-refractivity contribution in [1.29, 1.82) is 0 Å². The molecule has 2 rings (SSSR count). The molecular weight excluding hydrogens is 497 g/mol. The Bertz CT molecular complexity index is 1020. The lowest BCUT2D eigenvalue weighted by Crippen LogP contribution is -2.32. The van der Waals surface area contributed by atoms with Crippen molar-refractivity contribution in [3.05, 3.63) is 53.6 Å². The van der Waals surface area contributed by atoms with Gasteiger partial charge in [0.15, 0.2) is 0 Å². The highest BCUT2D eigenvalue weighted by atomic mass is 19.4. The first-order valence-electron chi connectivity index (χ1n) is 13.1. The molecule has 0 fully saturated rings. The fourth-order valence-corrected chi connectivity index (χ4v) is 4.12. The molecule has 1 amide bonds. The minimum absolute atomic E-state index is 0.0814. The molecule has 0 aliphatic carbocycles. The van der Waals surface area contributed by atoms with Gasteiger partial charge in [0.2, 0.25) is 5.91 Å². The summed E-state index contributed by atoms with van der Waals surface area (Å²) in [4.78, 5) is 25.7. The van der Waals surface area contributed by atoms with Crippen molar-refractivity contribution >= 4 is 23.3 Å². The highest BCUT2D eigenvalue weighted by Crippen LogP contribution is 2.30. The lowest BCUT2D eigenvalue weighted by Gasteiger charge is -2.21. The van der Waals surface area contributed by atoms with Crippen molar-refractivity contribution in [3.63, 3.8) is 0 Å². The quantitative estimate of drug-likeness (QED) is 0.273. The molecule has 1 N–H and O–H groups in total. The van der Waals surface area contributed by atoms with Gasteiger partial charge in [0.05, 0.1) is 23.5 Å². The van der Waals surface area contributed by atoms with Crippen molar-refractivity contribution in [2.75, 3.05) is 30.9 Å². The third kappa shape index (κ3) is 10.6. The molecule has 210 valence electrons. The zero-order chi connectivity index (χ0) is 28.1. The summed E-state index contributed by atoms with van der Waals surface area (Å²) in [6, 6.07) is 10.3. The standard InChI is InChI=1S/C29H39F3N2O4/c1-4-22(28(36)37)19-21-12-17-26(34(2)3)25(20-21)33-27(35)11-9-7-5-6-8-10-18-38-24-15-13-23(14-16-24)29(30,31)32/h12-17,20,22H,4-11,18-19H2,1-3H3,(H,33,35)(H,36,37)/p-1/t22-/m1/s1. The van der Waals surface area contributed by atoms with E-state index in [1.165, 1.54) is 12.1 Å². The number of carbonyl (C=O) groups excluding carboxylic acids is 2. The van der Waals surface area contributed by atoms with Crippen molar-refractivity contribution in [2.24, 2.45) is 5.92 Å². The van der Waals surface area contributed by atoms with Crippen LogP contribution >= 0.6 is 0 Å². The van der Waals surface area contributed by atoms with Gasteiger partial charge in [-0.15, -0.1) is 0 Å². The molecule has 0 aliphatic rings. The van der Waals surface area contributed by atoms with Gasteiger partial charge in [0.25, 0.3) is 0 Å². The molecule has 0 aliphatic heterocycles. The molecule has 38 heavy (non-hydrogen) atoms. The minimum Gasteiger partial charge on any atom is -0.550 e. The average molecular weight is 536 g/mol. The highest BCUT2D eigenvalue weighted by Gasteiger charge is 2.30. The van der Waals surface area contributed by atoms with E-state index in [1.807, 2.05) is 44.1 Å². The second-order valence-corrected chi connectivity index (χ2v) is 9.66. The monoisotopic (exact) mass is 535 g/mol. The largest absolute Gasteiger partial charge is 0.550 e. The van der Waals surface area contributed by atoms with Crippen LogP contribution < -0.4 is 20.1 Å². The number of aliphatic carboxylic acids is 1. The number of hydrogen-bond acceptors (Lipinski definition) is 5. The number of anilines is 2. The molecule has 0 saturated carbocycles. The zero-order valence-corrected chi connectivity index (χ0v) is 22.4. The van der Waals surface area contributed by atoms with Crippen LogP contribution in [-0.4, -0.2) is 32.6 Å². The van der Waals surface area contributed by atoms with Gasteiger partial charge in [0, 0.05) is 32.4 Å². The fraction of sp³-hybridized carbons (Fsp3) is 0.517. The Balaban J connectivity index is 1.67. The first-order chi connectivity index (χ1) is 18.0. The molecule has 0 radical (unpaired) electrons. The Morgan fingerprint density at radius 1 is 0.974 bits per heavy atom. The van der Waals surface area contributed by atoms with Crippen LogP contribution in [-0.2, 0) is 22.2 Å². The smallest absolute Gasteiger partial charge is 0.416 e. The third-order valence-electron chi connectivity index (χ3n) is 6.37. The summed E-state index contributed by atoms with van der Waals surface area (Å²) >= 11 is 0. The van der Waals surface area contributed by atoms with Crippen LogP contribution in [0.15, 0.2) is 42.5 Å². The van der Waals surface area contributed by atoms with Crippen molar-refractivity contribution in [3.8, 4) is 5.75 Å². The molecule has 0 aromatic heterocycles. The maximum absolute atomic E-state index is 12.6. The molecule has 2 aromatic carbocycles. The number of carbonyl (C=O) groups is 2. The summed E-state index contributed by atoms with van der Waals surface area (Å²) in [5.74, 6) is -1.29. The van der Waals surface area contributed by atoms with Crippen LogP contribution in [0.4, 0.5) is 24.5 Å². The van der Waals surface area contributed by atoms with Gasteiger partial charge < -0.3 is 24.9 Å². The maximum atomic E-state index is 12.6. The molecule has 0 bridgehead atoms. The summed E-state index contributed by atoms with van der Waals surface area (Å²) in [5, 5.41) is 14.3. The number of ether oxygens (including phenoxy) is 1. The van der Waals surface area contributed by atoms with E-state index >= 15 is 0 Å². The van der Waals surface area contributed by atoms with Crippen molar-refractivity contribution in [1.82, 2.24) is 0 Å². The first kappa shape index (κ1) is 31.0. The van der Waals surface area contributed by atoms with E-state index in [0.29, 0.717) is 37.3 Å². The maximum Gasteiger partial charge on any atom is 0.416 e. The second-order valence-electron chi connectivity index (χ2n) is 9.66. The van der Waals surface area contributed by atoms with Crippen LogP contribution in [0.5, 0.6) is 5.75 Å². The SMILES string of the molecule is CC[C@H](Cc1ccc(N(C)C)c(NC(=O)CCCCCCCCOc2ccc(C(F)(F)F)cc2)c1)C(=O)[O-]. The van der Waals surface area contributed by atoms with Crippen molar-refractivity contribution < 1.29 is 32.6 Å². The van der Waals surface area contributed by atoms with Gasteiger partial charge in [-0.3, -0.25) is 4.79 Å². The Kier molecular flexibility index (Phi) is 12.4. The summed E-state index contributed by atoms with van der Waals surface area (Å²) < 4.78 is 43.3. The van der Waals surface area contributed by atoms with Crippen LogP contribution in [0.25, 0.3) is 0 Å². The molecule has 1 atom stereocenters. The number of rotatable bonds is 16. The molecule has 6 nitrogen and oxygen atoms in total. The number of halogens is 3. The minimum atomic E-state index is -4.35. The number of nitrogens with one attached hydrogen (secondary N) is 1. The summed E-state index contributed by atoms with van der Waals surface area (Å²) in [5.41, 5.74) is 1.66. The van der Waals surface area contributed by atoms with Gasteiger partial charge in [-0.1, -0.05) is 38.7 Å². The van der Waals surface area contributed by atoms with E-state index in [0.717, 1.165) is 61.9 Å². The number of unbranched alkanes of at least 4 members (excludes halogenated alkanes) is 5. The molecular formula is C29H38F3N2O4-. The molecule has 0 spiro atoms. The van der Waals surface area contributed by atoms with Gasteiger partial charge in [-0.2, -0.15) is 13.2 Å². The highest BCUT2D eigenvalue weighted by molar-refractivity contribution is 5.94. The molecule has 2 aromatic rings. The number of carboxylic acid groups (broad SMARTS) is 1. The predicted molar refractivity (Wildman–Crippen MR) is 141 cm³/mol. The van der Waals surface area contributed by atoms with E-state index in [-0.39, 0.29) is 5.91 Å². The fourth-order valence-electron chi connectivity index (χ4n) is 4.12. The summed E-state index contributed by atoms with van der Waals surface area (Å²) in [6.45, 7) is 2.26. The number of benzene rings is 2. The molecule has 0 saturated heterocycles. The Hall–Kier alpha value is -3.23. The number of amides is 1. The van der Waals surface area contributed by atoms with Crippen LogP contribution in [0, 0.1) is 5.92 Å².